The van der Waals surface area contributed by atoms with E-state index < -0.39 is 0 Å². The number of nitrogens with zero attached hydrogens (tertiary/aromatic N) is 6. The highest BCUT2D eigenvalue weighted by Crippen LogP contribution is 2.33. The summed E-state index contributed by atoms with van der Waals surface area (Å²) in [5, 5.41) is 23.8. The number of H-pyrrole nitrogens is 1. The van der Waals surface area contributed by atoms with Crippen LogP contribution in [-0.4, -0.2) is 46.4 Å². The molecule has 0 spiro atoms. The number of hydrogen-bond donors (Lipinski definition) is 2. The Kier molecular flexibility index (Phi) is 11.7. The molecule has 3 aromatic heterocycles. The van der Waals surface area contributed by atoms with E-state index in [0.717, 1.165) is 45.8 Å². The van der Waals surface area contributed by atoms with Crippen LogP contribution in [-0.2, 0) is 32.7 Å². The van der Waals surface area contributed by atoms with Crippen LogP contribution in [0.15, 0.2) is 48.5 Å². The van der Waals surface area contributed by atoms with Crippen molar-refractivity contribution in [2.45, 2.75) is 86.7 Å². The molecule has 0 aliphatic heterocycles. The Hall–Kier alpha value is -3.91. The Bertz CT molecular complexity index is 1520. The van der Waals surface area contributed by atoms with Crippen molar-refractivity contribution in [3.8, 4) is 22.5 Å². The van der Waals surface area contributed by atoms with Crippen molar-refractivity contribution in [2.24, 2.45) is 7.05 Å². The number of pyridine rings is 1. The summed E-state index contributed by atoms with van der Waals surface area (Å²) >= 11 is 0. The normalized spacial score (nSPS) is 12.3. The Morgan fingerprint density at radius 2 is 1.66 bits per heavy atom. The number of rotatable bonds is 5. The van der Waals surface area contributed by atoms with Crippen molar-refractivity contribution in [2.75, 3.05) is 0 Å². The highest BCUT2D eigenvalue weighted by Gasteiger charge is 2.15. The first-order valence-electron chi connectivity index (χ1n) is 14.9. The van der Waals surface area contributed by atoms with Crippen LogP contribution in [0.3, 0.4) is 0 Å². The fourth-order valence-electron chi connectivity index (χ4n) is 5.08. The number of aliphatic hydroxyl groups is 1. The average molecular weight is 556 g/mol. The first-order valence-corrected chi connectivity index (χ1v) is 14.9. The second-order valence-corrected chi connectivity index (χ2v) is 9.71. The lowest BCUT2D eigenvalue weighted by atomic mass is 9.96. The van der Waals surface area contributed by atoms with Crippen LogP contribution in [0.25, 0.3) is 33.7 Å². The maximum Gasteiger partial charge on any atom is 0.205 e. The minimum atomic E-state index is -0.363. The molecule has 8 heteroatoms. The van der Waals surface area contributed by atoms with E-state index in [2.05, 4.69) is 61.8 Å². The van der Waals surface area contributed by atoms with Crippen molar-refractivity contribution >= 4 is 11.2 Å². The molecule has 1 atom stereocenters. The van der Waals surface area contributed by atoms with Crippen LogP contribution in [0.1, 0.15) is 76.2 Å². The van der Waals surface area contributed by atoms with Crippen LogP contribution in [0.4, 0.5) is 0 Å². The number of imidazole rings is 1. The Balaban J connectivity index is 0.000000204. The van der Waals surface area contributed by atoms with Gasteiger partial charge in [0.05, 0.1) is 6.10 Å². The summed E-state index contributed by atoms with van der Waals surface area (Å²) in [6, 6.07) is 17.0. The summed E-state index contributed by atoms with van der Waals surface area (Å²) < 4.78 is 2.04. The third-order valence-electron chi connectivity index (χ3n) is 6.91. The molecule has 0 fully saturated rings. The molecule has 0 bridgehead atoms. The van der Waals surface area contributed by atoms with Gasteiger partial charge < -0.3 is 9.67 Å². The molecular weight excluding hydrogens is 510 g/mol. The minimum Gasteiger partial charge on any atom is -0.393 e. The Labute approximate surface area is 244 Å². The summed E-state index contributed by atoms with van der Waals surface area (Å²) in [4.78, 5) is 9.17. The van der Waals surface area contributed by atoms with Gasteiger partial charge in [0.25, 0.3) is 0 Å². The largest absolute Gasteiger partial charge is 0.393 e. The lowest BCUT2D eigenvalue weighted by Crippen LogP contribution is -2.07. The van der Waals surface area contributed by atoms with Crippen LogP contribution in [0.5, 0.6) is 0 Å². The monoisotopic (exact) mass is 555 g/mol. The van der Waals surface area contributed by atoms with E-state index in [0.29, 0.717) is 12.2 Å². The molecule has 6 rings (SSSR count). The molecule has 3 heterocycles. The van der Waals surface area contributed by atoms with Gasteiger partial charge in [0.1, 0.15) is 11.3 Å². The van der Waals surface area contributed by atoms with E-state index in [1.807, 2.05) is 70.5 Å². The molecule has 1 aliphatic carbocycles. The van der Waals surface area contributed by atoms with Gasteiger partial charge >= 0.3 is 0 Å². The van der Waals surface area contributed by atoms with E-state index in [9.17, 15) is 5.11 Å². The standard InChI is InChI=1S/C16H14N4.C13H19N3O.2C2H6/c1-2-7-15(16-17-19-20-18-16)14(6-1)13-9-8-11-4-3-5-12(11)10-13;1-5-11-15-12-8(2)6-10(7-9(3)17)14-13(12)16(11)4;2*1-2/h1-2,6-10H,3-5H2,(H,17,18,19,20);6,9,17H,5,7H2,1-4H3;2*1-2H3. The van der Waals surface area contributed by atoms with Crippen molar-refractivity contribution in [3.05, 3.63) is 76.7 Å². The van der Waals surface area contributed by atoms with E-state index in [4.69, 9.17) is 0 Å². The van der Waals surface area contributed by atoms with Gasteiger partial charge in [-0.2, -0.15) is 5.21 Å². The minimum absolute atomic E-state index is 0.363. The molecule has 41 heavy (non-hydrogen) atoms. The zero-order valence-corrected chi connectivity index (χ0v) is 25.9. The molecule has 0 saturated heterocycles. The Morgan fingerprint density at radius 3 is 2.32 bits per heavy atom. The van der Waals surface area contributed by atoms with Crippen molar-refractivity contribution in [3.63, 3.8) is 0 Å². The smallest absolute Gasteiger partial charge is 0.205 e. The number of hydrogen-bond acceptors (Lipinski definition) is 6. The van der Waals surface area contributed by atoms with Gasteiger partial charge in [-0.05, 0) is 72.2 Å². The number of nitrogens with one attached hydrogen (secondary N) is 1. The zero-order valence-electron chi connectivity index (χ0n) is 25.9. The highest BCUT2D eigenvalue weighted by atomic mass is 16.3. The molecule has 0 radical (unpaired) electrons. The number of aromatic amines is 1. The number of aliphatic hydroxyl groups excluding tert-OH is 1. The Morgan fingerprint density at radius 1 is 0.951 bits per heavy atom. The fraction of sp³-hybridized carbons (Fsp3) is 0.424. The lowest BCUT2D eigenvalue weighted by molar-refractivity contribution is 0.194. The van der Waals surface area contributed by atoms with Crippen LogP contribution in [0.2, 0.25) is 0 Å². The third-order valence-corrected chi connectivity index (χ3v) is 6.91. The van der Waals surface area contributed by atoms with E-state index >= 15 is 0 Å². The topological polar surface area (TPSA) is 105 Å². The molecule has 2 aromatic carbocycles. The predicted molar refractivity (Wildman–Crippen MR) is 168 cm³/mol. The third kappa shape index (κ3) is 7.44. The van der Waals surface area contributed by atoms with Gasteiger partial charge in [0.15, 0.2) is 5.65 Å². The first-order chi connectivity index (χ1) is 19.9. The summed E-state index contributed by atoms with van der Waals surface area (Å²) in [6.07, 6.45) is 4.79. The molecule has 0 amide bonds. The number of fused-ring (bicyclic) bond motifs is 2. The van der Waals surface area contributed by atoms with E-state index in [1.165, 1.54) is 36.0 Å². The van der Waals surface area contributed by atoms with Gasteiger partial charge in [-0.3, -0.25) is 0 Å². The number of aromatic nitrogens is 7. The van der Waals surface area contributed by atoms with Crippen molar-refractivity contribution < 1.29 is 5.11 Å². The molecule has 218 valence electrons. The molecule has 1 unspecified atom stereocenters. The van der Waals surface area contributed by atoms with E-state index in [-0.39, 0.29) is 6.10 Å². The summed E-state index contributed by atoms with van der Waals surface area (Å²) in [7, 11) is 1.99. The molecule has 2 N–H and O–H groups in total. The van der Waals surface area contributed by atoms with Crippen LogP contribution in [0, 0.1) is 6.92 Å². The number of aryl methyl sites for hydroxylation is 5. The first kappa shape index (κ1) is 31.6. The summed E-state index contributed by atoms with van der Waals surface area (Å²) in [5.41, 5.74) is 10.3. The second-order valence-electron chi connectivity index (χ2n) is 9.71. The fourth-order valence-corrected chi connectivity index (χ4v) is 5.08. The van der Waals surface area contributed by atoms with Gasteiger partial charge in [-0.1, -0.05) is 77.1 Å². The maximum absolute atomic E-state index is 9.43. The van der Waals surface area contributed by atoms with Gasteiger partial charge in [0.2, 0.25) is 5.82 Å². The molecular formula is C33H45N7O. The van der Waals surface area contributed by atoms with Gasteiger partial charge in [-0.15, -0.1) is 10.2 Å². The van der Waals surface area contributed by atoms with Crippen molar-refractivity contribution in [1.29, 1.82) is 0 Å². The van der Waals surface area contributed by atoms with E-state index in [1.54, 1.807) is 6.92 Å². The predicted octanol–water partition coefficient (Wildman–Crippen LogP) is 6.84. The molecule has 0 saturated carbocycles. The summed E-state index contributed by atoms with van der Waals surface area (Å²) in [5.74, 6) is 1.69. The molecule has 1 aliphatic rings. The van der Waals surface area contributed by atoms with Gasteiger partial charge in [-0.25, -0.2) is 9.97 Å². The van der Waals surface area contributed by atoms with Crippen molar-refractivity contribution in [1.82, 2.24) is 35.2 Å². The van der Waals surface area contributed by atoms with Gasteiger partial charge in [0, 0.05) is 31.1 Å². The quantitative estimate of drug-likeness (QED) is 0.246. The zero-order chi connectivity index (χ0) is 29.9. The molecule has 8 nitrogen and oxygen atoms in total. The molecule has 5 aromatic rings. The van der Waals surface area contributed by atoms with Crippen LogP contribution < -0.4 is 0 Å². The maximum atomic E-state index is 9.43. The average Bonchev–Trinajstić information content (AvgIpc) is 3.76. The SMILES string of the molecule is CC.CC.CCc1nc2c(C)cc(CC(C)O)nc2n1C.c1ccc(-c2nn[nH]n2)c(-c2ccc3c(c2)CCC3)c1. The lowest BCUT2D eigenvalue weighted by Gasteiger charge is -2.08. The second kappa shape index (κ2) is 15.2. The number of tetrazole rings is 1. The summed E-state index contributed by atoms with van der Waals surface area (Å²) in [6.45, 7) is 13.9. The highest BCUT2D eigenvalue weighted by molar-refractivity contribution is 5.81. The number of benzene rings is 2. The van der Waals surface area contributed by atoms with Crippen LogP contribution >= 0.6 is 0 Å².